The summed E-state index contributed by atoms with van der Waals surface area (Å²) in [5.74, 6) is -0.271. The lowest BCUT2D eigenvalue weighted by Gasteiger charge is -2.05. The van der Waals surface area contributed by atoms with Gasteiger partial charge in [0.05, 0.1) is 5.69 Å². The fourth-order valence-electron chi connectivity index (χ4n) is 1.97. The third kappa shape index (κ3) is 2.77. The summed E-state index contributed by atoms with van der Waals surface area (Å²) < 4.78 is 1.41. The number of nitrogens with one attached hydrogen (secondary N) is 1. The predicted octanol–water partition coefficient (Wildman–Crippen LogP) is 2.76. The Morgan fingerprint density at radius 2 is 1.91 bits per heavy atom. The van der Waals surface area contributed by atoms with E-state index in [1.807, 2.05) is 30.3 Å². The maximum absolute atomic E-state index is 12.2. The van der Waals surface area contributed by atoms with Gasteiger partial charge in [0.25, 0.3) is 5.91 Å². The van der Waals surface area contributed by atoms with Gasteiger partial charge in [-0.2, -0.15) is 4.68 Å². The number of carbonyl (C=O) groups is 1. The Morgan fingerprint density at radius 3 is 2.64 bits per heavy atom. The average molecular weight is 314 g/mol. The first-order valence-corrected chi connectivity index (χ1v) is 6.86. The van der Waals surface area contributed by atoms with E-state index in [0.29, 0.717) is 10.7 Å². The highest BCUT2D eigenvalue weighted by Crippen LogP contribution is 2.18. The zero-order chi connectivity index (χ0) is 15.5. The smallest absolute Gasteiger partial charge is 0.280 e. The van der Waals surface area contributed by atoms with Crippen LogP contribution < -0.4 is 11.1 Å². The summed E-state index contributed by atoms with van der Waals surface area (Å²) in [6.45, 7) is 0. The van der Waals surface area contributed by atoms with Crippen molar-refractivity contribution in [1.82, 2.24) is 15.0 Å². The molecule has 0 aliphatic rings. The van der Waals surface area contributed by atoms with Crippen molar-refractivity contribution in [2.24, 2.45) is 0 Å². The molecule has 6 nitrogen and oxygen atoms in total. The first-order valence-electron chi connectivity index (χ1n) is 6.48. The highest BCUT2D eigenvalue weighted by Gasteiger charge is 2.18. The number of nitrogen functional groups attached to an aromatic ring is 1. The lowest BCUT2D eigenvalue weighted by Crippen LogP contribution is -2.15. The molecule has 7 heteroatoms. The normalized spacial score (nSPS) is 10.4. The predicted molar refractivity (Wildman–Crippen MR) is 85.2 cm³/mol. The summed E-state index contributed by atoms with van der Waals surface area (Å²) in [7, 11) is 0. The number of benzene rings is 2. The Bertz CT molecular complexity index is 816. The number of nitrogens with zero attached hydrogens (tertiary/aromatic N) is 3. The second-order valence-corrected chi connectivity index (χ2v) is 4.97. The summed E-state index contributed by atoms with van der Waals surface area (Å²) in [6, 6.07) is 16.0. The van der Waals surface area contributed by atoms with E-state index in [1.165, 1.54) is 4.68 Å². The lowest BCUT2D eigenvalue weighted by atomic mass is 10.3. The summed E-state index contributed by atoms with van der Waals surface area (Å²) in [6.07, 6.45) is 0. The van der Waals surface area contributed by atoms with Gasteiger partial charge in [0.15, 0.2) is 11.5 Å². The molecule has 0 unspecified atom stereocenters. The van der Waals surface area contributed by atoms with Crippen molar-refractivity contribution in [3.8, 4) is 5.69 Å². The average Bonchev–Trinajstić information content (AvgIpc) is 2.90. The van der Waals surface area contributed by atoms with Crippen LogP contribution in [0.15, 0.2) is 54.6 Å². The molecule has 0 radical (unpaired) electrons. The molecule has 0 bridgehead atoms. The highest BCUT2D eigenvalue weighted by atomic mass is 35.5. The zero-order valence-corrected chi connectivity index (χ0v) is 12.2. The van der Waals surface area contributed by atoms with Crippen molar-refractivity contribution in [2.75, 3.05) is 11.1 Å². The van der Waals surface area contributed by atoms with Gasteiger partial charge in [0, 0.05) is 10.7 Å². The van der Waals surface area contributed by atoms with Crippen molar-refractivity contribution in [3.63, 3.8) is 0 Å². The van der Waals surface area contributed by atoms with E-state index in [-0.39, 0.29) is 11.5 Å². The first-order chi connectivity index (χ1) is 10.6. The molecule has 0 saturated heterocycles. The molecular formula is C15H12ClN5O. The van der Waals surface area contributed by atoms with Crippen LogP contribution in [0.25, 0.3) is 5.69 Å². The summed E-state index contributed by atoms with van der Waals surface area (Å²) in [5.41, 5.74) is 7.32. The Morgan fingerprint density at radius 1 is 1.14 bits per heavy atom. The second kappa shape index (κ2) is 5.87. The molecular weight excluding hydrogens is 302 g/mol. The van der Waals surface area contributed by atoms with Crippen LogP contribution in [0.5, 0.6) is 0 Å². The van der Waals surface area contributed by atoms with Gasteiger partial charge in [-0.15, -0.1) is 5.10 Å². The molecule has 22 heavy (non-hydrogen) atoms. The van der Waals surface area contributed by atoms with Crippen molar-refractivity contribution < 1.29 is 4.79 Å². The van der Waals surface area contributed by atoms with Gasteiger partial charge in [0.2, 0.25) is 0 Å². The number of amides is 1. The van der Waals surface area contributed by atoms with E-state index in [4.69, 9.17) is 17.3 Å². The van der Waals surface area contributed by atoms with E-state index in [1.54, 1.807) is 24.3 Å². The van der Waals surface area contributed by atoms with Crippen LogP contribution in [-0.2, 0) is 0 Å². The zero-order valence-electron chi connectivity index (χ0n) is 11.4. The van der Waals surface area contributed by atoms with E-state index in [0.717, 1.165) is 5.69 Å². The molecule has 3 rings (SSSR count). The number of anilines is 2. The topological polar surface area (TPSA) is 85.8 Å². The lowest BCUT2D eigenvalue weighted by molar-refractivity contribution is 0.102. The molecule has 110 valence electrons. The molecule has 1 heterocycles. The summed E-state index contributed by atoms with van der Waals surface area (Å²) in [5, 5.41) is 11.0. The first kappa shape index (κ1) is 14.1. The highest BCUT2D eigenvalue weighted by molar-refractivity contribution is 6.31. The fraction of sp³-hybridized carbons (Fsp3) is 0. The SMILES string of the molecule is Nc1c(C(=O)Nc2cccc(Cl)c2)nnn1-c1ccccc1. The number of carbonyl (C=O) groups excluding carboxylic acids is 1. The Labute approximate surface area is 131 Å². The Kier molecular flexibility index (Phi) is 3.76. The van der Waals surface area contributed by atoms with Gasteiger partial charge < -0.3 is 11.1 Å². The largest absolute Gasteiger partial charge is 0.382 e. The van der Waals surface area contributed by atoms with Crippen molar-refractivity contribution >= 4 is 29.0 Å². The fourth-order valence-corrected chi connectivity index (χ4v) is 2.16. The van der Waals surface area contributed by atoms with Crippen molar-refractivity contribution in [1.29, 1.82) is 0 Å². The van der Waals surface area contributed by atoms with Gasteiger partial charge in [-0.25, -0.2) is 0 Å². The summed E-state index contributed by atoms with van der Waals surface area (Å²) >= 11 is 5.88. The molecule has 0 aliphatic heterocycles. The molecule has 3 aromatic rings. The molecule has 0 saturated carbocycles. The maximum atomic E-state index is 12.2. The third-order valence-electron chi connectivity index (χ3n) is 3.00. The van der Waals surface area contributed by atoms with E-state index in [9.17, 15) is 4.79 Å². The number of para-hydroxylation sites is 1. The Hall–Kier alpha value is -2.86. The Balaban J connectivity index is 1.87. The number of nitrogens with two attached hydrogens (primary N) is 1. The molecule has 0 aliphatic carbocycles. The standard InChI is InChI=1S/C15H12ClN5O/c16-10-5-4-6-11(9-10)18-15(22)13-14(17)21(20-19-13)12-7-2-1-3-8-12/h1-9H,17H2,(H,18,22). The quantitative estimate of drug-likeness (QED) is 0.778. The number of halogens is 1. The van der Waals surface area contributed by atoms with Crippen LogP contribution in [0.3, 0.4) is 0 Å². The molecule has 0 spiro atoms. The molecule has 0 atom stereocenters. The molecule has 3 N–H and O–H groups in total. The van der Waals surface area contributed by atoms with Gasteiger partial charge in [-0.1, -0.05) is 41.1 Å². The van der Waals surface area contributed by atoms with Crippen LogP contribution in [0.1, 0.15) is 10.5 Å². The minimum Gasteiger partial charge on any atom is -0.382 e. The van der Waals surface area contributed by atoms with E-state index < -0.39 is 5.91 Å². The van der Waals surface area contributed by atoms with Crippen LogP contribution in [0.2, 0.25) is 5.02 Å². The minimum absolute atomic E-state index is 0.0591. The molecule has 2 aromatic carbocycles. The van der Waals surface area contributed by atoms with Crippen LogP contribution in [-0.4, -0.2) is 20.9 Å². The number of hydrogen-bond acceptors (Lipinski definition) is 4. The molecule has 0 fully saturated rings. The van der Waals surface area contributed by atoms with Gasteiger partial charge >= 0.3 is 0 Å². The van der Waals surface area contributed by atoms with Crippen molar-refractivity contribution in [2.45, 2.75) is 0 Å². The molecule has 1 aromatic heterocycles. The molecule has 1 amide bonds. The van der Waals surface area contributed by atoms with E-state index >= 15 is 0 Å². The van der Waals surface area contributed by atoms with Gasteiger partial charge in [-0.05, 0) is 30.3 Å². The maximum Gasteiger partial charge on any atom is 0.280 e. The summed E-state index contributed by atoms with van der Waals surface area (Å²) in [4.78, 5) is 12.2. The number of hydrogen-bond donors (Lipinski definition) is 2. The van der Waals surface area contributed by atoms with Gasteiger partial charge in [-0.3, -0.25) is 4.79 Å². The van der Waals surface area contributed by atoms with Crippen molar-refractivity contribution in [3.05, 3.63) is 65.3 Å². The van der Waals surface area contributed by atoms with Crippen LogP contribution >= 0.6 is 11.6 Å². The van der Waals surface area contributed by atoms with Gasteiger partial charge in [0.1, 0.15) is 0 Å². The van der Waals surface area contributed by atoms with Crippen LogP contribution in [0, 0.1) is 0 Å². The minimum atomic E-state index is -0.443. The third-order valence-corrected chi connectivity index (χ3v) is 3.24. The van der Waals surface area contributed by atoms with E-state index in [2.05, 4.69) is 15.6 Å². The second-order valence-electron chi connectivity index (χ2n) is 4.54. The monoisotopic (exact) mass is 313 g/mol. The van der Waals surface area contributed by atoms with Crippen LogP contribution in [0.4, 0.5) is 11.5 Å². The number of rotatable bonds is 3. The number of aromatic nitrogens is 3.